The minimum absolute atomic E-state index is 0.00756. The molecule has 1 rings (SSSR count). The molecule has 4 atom stereocenters. The van der Waals surface area contributed by atoms with Gasteiger partial charge in [0.15, 0.2) is 0 Å². The number of ether oxygens (including phenoxy) is 5. The lowest BCUT2D eigenvalue weighted by Gasteiger charge is -2.39. The molecule has 168 valence electrons. The van der Waals surface area contributed by atoms with Crippen LogP contribution in [0.15, 0.2) is 0 Å². The van der Waals surface area contributed by atoms with E-state index in [1.807, 2.05) is 0 Å². The predicted octanol–water partition coefficient (Wildman–Crippen LogP) is 5.00. The van der Waals surface area contributed by atoms with Crippen molar-refractivity contribution < 1.29 is 23.7 Å². The maximum absolute atomic E-state index is 6.66. The van der Waals surface area contributed by atoms with E-state index in [9.17, 15) is 0 Å². The molecule has 28 heavy (non-hydrogen) atoms. The number of methoxy groups -OCH3 is 2. The first-order valence-electron chi connectivity index (χ1n) is 11.2. The van der Waals surface area contributed by atoms with Crippen LogP contribution in [0, 0.1) is 5.41 Å². The summed E-state index contributed by atoms with van der Waals surface area (Å²) in [5.41, 5.74) is -0.168. The summed E-state index contributed by atoms with van der Waals surface area (Å²) in [5.74, 6) is 0. The molecule has 1 aliphatic rings. The molecule has 0 aliphatic carbocycles. The van der Waals surface area contributed by atoms with E-state index in [0.717, 1.165) is 38.5 Å². The summed E-state index contributed by atoms with van der Waals surface area (Å²) in [6.45, 7) is 15.0. The molecule has 1 aliphatic heterocycles. The van der Waals surface area contributed by atoms with Crippen LogP contribution in [0.25, 0.3) is 0 Å². The van der Waals surface area contributed by atoms with Crippen LogP contribution in [-0.2, 0) is 23.7 Å². The summed E-state index contributed by atoms with van der Waals surface area (Å²) < 4.78 is 30.4. The average Bonchev–Trinajstić information content (AvgIpc) is 2.94. The first-order chi connectivity index (χ1) is 13.3. The van der Waals surface area contributed by atoms with Gasteiger partial charge in [0.1, 0.15) is 18.3 Å². The zero-order chi connectivity index (χ0) is 21.2. The van der Waals surface area contributed by atoms with E-state index < -0.39 is 0 Å². The lowest BCUT2D eigenvalue weighted by atomic mass is 9.74. The molecule has 0 aromatic rings. The van der Waals surface area contributed by atoms with Gasteiger partial charge in [-0.15, -0.1) is 0 Å². The van der Waals surface area contributed by atoms with E-state index in [1.165, 1.54) is 0 Å². The van der Waals surface area contributed by atoms with E-state index in [-0.39, 0.29) is 35.4 Å². The molecule has 0 radical (unpaired) electrons. The third-order valence-corrected chi connectivity index (χ3v) is 5.88. The van der Waals surface area contributed by atoms with Crippen molar-refractivity contribution in [3.63, 3.8) is 0 Å². The molecular weight excluding hydrogens is 356 g/mol. The minimum atomic E-state index is -0.224. The van der Waals surface area contributed by atoms with Crippen LogP contribution in [0.1, 0.15) is 80.1 Å². The van der Waals surface area contributed by atoms with Gasteiger partial charge in [0.2, 0.25) is 0 Å². The number of hydrogen-bond acceptors (Lipinski definition) is 5. The molecule has 0 saturated carbocycles. The molecule has 1 heterocycles. The van der Waals surface area contributed by atoms with Gasteiger partial charge in [0.05, 0.1) is 31.5 Å². The second kappa shape index (κ2) is 12.5. The molecular formula is C23H46O5. The zero-order valence-electron chi connectivity index (χ0n) is 19.7. The molecule has 5 nitrogen and oxygen atoms in total. The highest BCUT2D eigenvalue weighted by atomic mass is 16.6. The maximum atomic E-state index is 6.66. The monoisotopic (exact) mass is 402 g/mol. The lowest BCUT2D eigenvalue weighted by Crippen LogP contribution is -2.48. The topological polar surface area (TPSA) is 46.2 Å². The Morgan fingerprint density at radius 1 is 0.786 bits per heavy atom. The first-order valence-corrected chi connectivity index (χ1v) is 11.2. The van der Waals surface area contributed by atoms with Gasteiger partial charge < -0.3 is 23.7 Å². The Bertz CT molecular complexity index is 406. The van der Waals surface area contributed by atoms with Crippen molar-refractivity contribution in [1.82, 2.24) is 0 Å². The molecule has 1 saturated heterocycles. The number of rotatable bonds is 15. The Morgan fingerprint density at radius 3 is 1.89 bits per heavy atom. The Hall–Kier alpha value is -0.200. The van der Waals surface area contributed by atoms with Gasteiger partial charge in [-0.05, 0) is 38.5 Å². The van der Waals surface area contributed by atoms with Crippen molar-refractivity contribution in [2.24, 2.45) is 5.41 Å². The molecule has 0 N–H and O–H groups in total. The van der Waals surface area contributed by atoms with Gasteiger partial charge in [-0.2, -0.15) is 0 Å². The average molecular weight is 403 g/mol. The van der Waals surface area contributed by atoms with Crippen molar-refractivity contribution in [3.8, 4) is 0 Å². The summed E-state index contributed by atoms with van der Waals surface area (Å²) in [6, 6.07) is 0. The van der Waals surface area contributed by atoms with Crippen LogP contribution >= 0.6 is 0 Å². The van der Waals surface area contributed by atoms with Crippen LogP contribution in [0.5, 0.6) is 0 Å². The Kier molecular flexibility index (Phi) is 11.5. The van der Waals surface area contributed by atoms with Crippen molar-refractivity contribution in [2.45, 2.75) is 110 Å². The Morgan fingerprint density at radius 2 is 1.39 bits per heavy atom. The molecule has 0 amide bonds. The molecule has 0 bridgehead atoms. The van der Waals surface area contributed by atoms with Crippen molar-refractivity contribution in [1.29, 1.82) is 0 Å². The maximum Gasteiger partial charge on any atom is 0.115 e. The Balaban J connectivity index is 3.18. The van der Waals surface area contributed by atoms with Gasteiger partial charge in [-0.1, -0.05) is 47.0 Å². The fourth-order valence-corrected chi connectivity index (χ4v) is 4.76. The third kappa shape index (κ3) is 7.24. The van der Waals surface area contributed by atoms with Crippen LogP contribution in [0.3, 0.4) is 0 Å². The van der Waals surface area contributed by atoms with Gasteiger partial charge in [0, 0.05) is 14.2 Å². The molecule has 5 heteroatoms. The molecule has 0 aromatic carbocycles. The lowest BCUT2D eigenvalue weighted by molar-refractivity contribution is -0.146. The van der Waals surface area contributed by atoms with E-state index in [4.69, 9.17) is 23.7 Å². The third-order valence-electron chi connectivity index (χ3n) is 5.88. The van der Waals surface area contributed by atoms with E-state index in [2.05, 4.69) is 41.5 Å². The summed E-state index contributed by atoms with van der Waals surface area (Å²) in [7, 11) is 3.43. The largest absolute Gasteiger partial charge is 0.382 e. The normalized spacial score (nSPS) is 26.1. The molecule has 1 fully saturated rings. The summed E-state index contributed by atoms with van der Waals surface area (Å²) in [5, 5.41) is 0. The predicted molar refractivity (Wildman–Crippen MR) is 114 cm³/mol. The van der Waals surface area contributed by atoms with Crippen LogP contribution in [0.2, 0.25) is 0 Å². The quantitative estimate of drug-likeness (QED) is 0.361. The molecule has 0 aromatic heterocycles. The zero-order valence-corrected chi connectivity index (χ0v) is 19.7. The van der Waals surface area contributed by atoms with Crippen molar-refractivity contribution in [2.75, 3.05) is 34.0 Å². The Labute approximate surface area is 173 Å². The van der Waals surface area contributed by atoms with Crippen molar-refractivity contribution in [3.05, 3.63) is 0 Å². The van der Waals surface area contributed by atoms with E-state index in [1.54, 1.807) is 14.2 Å². The second-order valence-corrected chi connectivity index (χ2v) is 9.12. The highest BCUT2D eigenvalue weighted by molar-refractivity contribution is 5.01. The second-order valence-electron chi connectivity index (χ2n) is 9.12. The van der Waals surface area contributed by atoms with Gasteiger partial charge in [0.25, 0.3) is 0 Å². The van der Waals surface area contributed by atoms with Gasteiger partial charge in [-0.3, -0.25) is 0 Å². The summed E-state index contributed by atoms with van der Waals surface area (Å²) in [6.07, 6.45) is 6.17. The van der Waals surface area contributed by atoms with Crippen LogP contribution in [-0.4, -0.2) is 64.1 Å². The van der Waals surface area contributed by atoms with Crippen LogP contribution < -0.4 is 0 Å². The SMILES string of the molecule is CCCC(C)(C)OC1C(COC)OC(C(C)(CCC)CCC)C1OCCOC. The van der Waals surface area contributed by atoms with Crippen molar-refractivity contribution >= 4 is 0 Å². The fourth-order valence-electron chi connectivity index (χ4n) is 4.76. The summed E-state index contributed by atoms with van der Waals surface area (Å²) >= 11 is 0. The van der Waals surface area contributed by atoms with Gasteiger partial charge in [-0.25, -0.2) is 0 Å². The first kappa shape index (κ1) is 25.8. The molecule has 0 spiro atoms. The van der Waals surface area contributed by atoms with Gasteiger partial charge >= 0.3 is 0 Å². The minimum Gasteiger partial charge on any atom is -0.382 e. The standard InChI is InChI=1S/C23H46O5/c1-9-12-22(4,5)28-19-18(17-25-8)27-21(20(19)26-16-15-24-7)23(6,13-10-2)14-11-3/h18-21H,9-17H2,1-8H3. The van der Waals surface area contributed by atoms with Crippen LogP contribution in [0.4, 0.5) is 0 Å². The smallest absolute Gasteiger partial charge is 0.115 e. The molecule has 4 unspecified atom stereocenters. The number of hydrogen-bond donors (Lipinski definition) is 0. The highest BCUT2D eigenvalue weighted by Gasteiger charge is 2.53. The van der Waals surface area contributed by atoms with E-state index in [0.29, 0.717) is 19.8 Å². The van der Waals surface area contributed by atoms with E-state index >= 15 is 0 Å². The summed E-state index contributed by atoms with van der Waals surface area (Å²) in [4.78, 5) is 0. The fraction of sp³-hybridized carbons (Fsp3) is 1.00. The highest BCUT2D eigenvalue weighted by Crippen LogP contribution is 2.44.